The summed E-state index contributed by atoms with van der Waals surface area (Å²) >= 11 is 7.74. The summed E-state index contributed by atoms with van der Waals surface area (Å²) in [4.78, 5) is 25.0. The van der Waals surface area contributed by atoms with Gasteiger partial charge in [0.25, 0.3) is 0 Å². The Labute approximate surface area is 174 Å². The molecule has 9 heteroatoms. The van der Waals surface area contributed by atoms with Crippen LogP contribution in [0.15, 0.2) is 57.7 Å². The van der Waals surface area contributed by atoms with Crippen molar-refractivity contribution in [2.75, 3.05) is 5.32 Å². The molecular formula is C20H15ClN4O3S. The number of hydrogen-bond donors (Lipinski definition) is 1. The highest BCUT2D eigenvalue weighted by molar-refractivity contribution is 7.98. The molecule has 0 bridgehead atoms. The van der Waals surface area contributed by atoms with Gasteiger partial charge in [-0.2, -0.15) is 16.9 Å². The summed E-state index contributed by atoms with van der Waals surface area (Å²) in [7, 11) is 0. The van der Waals surface area contributed by atoms with Gasteiger partial charge in [-0.05, 0) is 36.4 Å². The number of aromatic nitrogens is 3. The number of fused-ring (bicyclic) bond motifs is 2. The van der Waals surface area contributed by atoms with Crippen molar-refractivity contribution in [2.24, 2.45) is 0 Å². The molecule has 2 aromatic carbocycles. The summed E-state index contributed by atoms with van der Waals surface area (Å²) in [6.07, 6.45) is 0. The number of carbonyl (C=O) groups is 1. The maximum absolute atomic E-state index is 12.8. The molecule has 1 aliphatic rings. The van der Waals surface area contributed by atoms with Crippen molar-refractivity contribution < 1.29 is 9.21 Å². The summed E-state index contributed by atoms with van der Waals surface area (Å²) in [5.41, 5.74) is 3.79. The van der Waals surface area contributed by atoms with E-state index in [1.807, 2.05) is 12.1 Å². The molecule has 0 saturated carbocycles. The first-order chi connectivity index (χ1) is 14.1. The molecule has 0 radical (unpaired) electrons. The molecule has 0 spiro atoms. The Bertz CT molecular complexity index is 1290. The number of halogens is 1. The Balaban J connectivity index is 1.48. The van der Waals surface area contributed by atoms with Crippen molar-refractivity contribution in [3.8, 4) is 5.69 Å². The lowest BCUT2D eigenvalue weighted by Gasteiger charge is -2.11. The third-order valence-corrected chi connectivity index (χ3v) is 5.98. The summed E-state index contributed by atoms with van der Waals surface area (Å²) in [6.45, 7) is -0.149. The fourth-order valence-electron chi connectivity index (χ4n) is 3.39. The van der Waals surface area contributed by atoms with Crippen LogP contribution in [-0.2, 0) is 22.8 Å². The molecule has 146 valence electrons. The van der Waals surface area contributed by atoms with E-state index in [1.54, 1.807) is 52.8 Å². The number of thioether (sulfide) groups is 1. The number of para-hydroxylation sites is 2. The minimum absolute atomic E-state index is 0.149. The van der Waals surface area contributed by atoms with Crippen LogP contribution >= 0.6 is 23.4 Å². The van der Waals surface area contributed by atoms with Crippen LogP contribution in [0.1, 0.15) is 11.3 Å². The number of rotatable bonds is 4. The van der Waals surface area contributed by atoms with Crippen LogP contribution in [0.4, 0.5) is 5.82 Å². The molecule has 4 aromatic rings. The van der Waals surface area contributed by atoms with Crippen molar-refractivity contribution in [1.29, 1.82) is 0 Å². The van der Waals surface area contributed by atoms with Crippen LogP contribution in [0.5, 0.6) is 0 Å². The summed E-state index contributed by atoms with van der Waals surface area (Å²) < 4.78 is 8.25. The second-order valence-electron chi connectivity index (χ2n) is 6.62. The first kappa shape index (κ1) is 18.1. The molecule has 1 N–H and O–H groups in total. The SMILES string of the molecule is O=C(Cn1c(=O)oc2ccccc21)Nc1c2c(nn1-c1ccc(Cl)cc1)CSC2. The second kappa shape index (κ2) is 7.13. The van der Waals surface area contributed by atoms with E-state index < -0.39 is 5.76 Å². The van der Waals surface area contributed by atoms with E-state index in [9.17, 15) is 9.59 Å². The minimum Gasteiger partial charge on any atom is -0.408 e. The fourth-order valence-corrected chi connectivity index (χ4v) is 4.55. The molecule has 0 atom stereocenters. The van der Waals surface area contributed by atoms with Gasteiger partial charge in [-0.3, -0.25) is 9.36 Å². The van der Waals surface area contributed by atoms with Gasteiger partial charge in [-0.15, -0.1) is 0 Å². The van der Waals surface area contributed by atoms with E-state index in [0.717, 1.165) is 28.5 Å². The molecular weight excluding hydrogens is 412 g/mol. The third kappa shape index (κ3) is 3.24. The highest BCUT2D eigenvalue weighted by Crippen LogP contribution is 2.36. The number of nitrogens with zero attached hydrogens (tertiary/aromatic N) is 3. The van der Waals surface area contributed by atoms with Crippen molar-refractivity contribution in [3.05, 3.63) is 75.4 Å². The van der Waals surface area contributed by atoms with Gasteiger partial charge in [0.1, 0.15) is 12.4 Å². The quantitative estimate of drug-likeness (QED) is 0.536. The number of amides is 1. The van der Waals surface area contributed by atoms with Crippen LogP contribution in [0.25, 0.3) is 16.8 Å². The first-order valence-corrected chi connectivity index (χ1v) is 10.5. The zero-order chi connectivity index (χ0) is 20.0. The number of nitrogens with one attached hydrogen (secondary N) is 1. The fraction of sp³-hybridized carbons (Fsp3) is 0.150. The molecule has 1 amide bonds. The maximum Gasteiger partial charge on any atom is 0.420 e. The van der Waals surface area contributed by atoms with Gasteiger partial charge in [0.2, 0.25) is 5.91 Å². The zero-order valence-electron chi connectivity index (χ0n) is 15.1. The molecule has 0 saturated heterocycles. The van der Waals surface area contributed by atoms with Crippen molar-refractivity contribution in [3.63, 3.8) is 0 Å². The van der Waals surface area contributed by atoms with Crippen LogP contribution in [-0.4, -0.2) is 20.3 Å². The number of hydrogen-bond acceptors (Lipinski definition) is 5. The smallest absolute Gasteiger partial charge is 0.408 e. The highest BCUT2D eigenvalue weighted by atomic mass is 35.5. The topological polar surface area (TPSA) is 82.1 Å². The summed E-state index contributed by atoms with van der Waals surface area (Å²) in [6, 6.07) is 14.3. The molecule has 7 nitrogen and oxygen atoms in total. The van der Waals surface area contributed by atoms with Gasteiger partial charge in [0.15, 0.2) is 5.58 Å². The van der Waals surface area contributed by atoms with E-state index in [0.29, 0.717) is 21.9 Å². The van der Waals surface area contributed by atoms with Gasteiger partial charge in [-0.25, -0.2) is 9.48 Å². The predicted octanol–water partition coefficient (Wildman–Crippen LogP) is 3.82. The van der Waals surface area contributed by atoms with Crippen molar-refractivity contribution in [1.82, 2.24) is 14.3 Å². The van der Waals surface area contributed by atoms with Gasteiger partial charge in [-0.1, -0.05) is 23.7 Å². The molecule has 2 aromatic heterocycles. The molecule has 0 unspecified atom stereocenters. The molecule has 29 heavy (non-hydrogen) atoms. The van der Waals surface area contributed by atoms with Crippen LogP contribution < -0.4 is 11.1 Å². The molecule has 0 fully saturated rings. The average molecular weight is 427 g/mol. The van der Waals surface area contributed by atoms with Crippen molar-refractivity contribution in [2.45, 2.75) is 18.1 Å². The van der Waals surface area contributed by atoms with Crippen LogP contribution in [0.2, 0.25) is 5.02 Å². The molecule has 0 aliphatic carbocycles. The maximum atomic E-state index is 12.8. The Morgan fingerprint density at radius 1 is 1.17 bits per heavy atom. The predicted molar refractivity (Wildman–Crippen MR) is 113 cm³/mol. The Hall–Kier alpha value is -2.97. The molecule has 3 heterocycles. The zero-order valence-corrected chi connectivity index (χ0v) is 16.7. The van der Waals surface area contributed by atoms with Gasteiger partial charge in [0, 0.05) is 22.1 Å². The van der Waals surface area contributed by atoms with E-state index in [4.69, 9.17) is 16.0 Å². The minimum atomic E-state index is -0.562. The number of anilines is 1. The van der Waals surface area contributed by atoms with Crippen molar-refractivity contribution >= 4 is 46.2 Å². The summed E-state index contributed by atoms with van der Waals surface area (Å²) in [5.74, 6) is 1.30. The van der Waals surface area contributed by atoms with E-state index in [-0.39, 0.29) is 12.5 Å². The lowest BCUT2D eigenvalue weighted by Crippen LogP contribution is -2.26. The van der Waals surface area contributed by atoms with Gasteiger partial charge >= 0.3 is 5.76 Å². The Morgan fingerprint density at radius 2 is 1.97 bits per heavy atom. The number of benzene rings is 2. The molecule has 1 aliphatic heterocycles. The standard InChI is InChI=1S/C20H15ClN4O3S/c21-12-5-7-13(8-6-12)25-19(14-10-29-11-15(14)23-25)22-18(26)9-24-16-3-1-2-4-17(16)28-20(24)27/h1-8H,9-11H2,(H,22,26). The normalized spacial score (nSPS) is 13.0. The average Bonchev–Trinajstić information content (AvgIpc) is 3.38. The lowest BCUT2D eigenvalue weighted by molar-refractivity contribution is -0.116. The summed E-state index contributed by atoms with van der Waals surface area (Å²) in [5, 5.41) is 8.23. The third-order valence-electron chi connectivity index (χ3n) is 4.76. The molecule has 5 rings (SSSR count). The van der Waals surface area contributed by atoms with E-state index in [1.165, 1.54) is 4.57 Å². The van der Waals surface area contributed by atoms with Crippen LogP contribution in [0.3, 0.4) is 0 Å². The number of oxazole rings is 1. The second-order valence-corrected chi connectivity index (χ2v) is 8.05. The highest BCUT2D eigenvalue weighted by Gasteiger charge is 2.25. The monoisotopic (exact) mass is 426 g/mol. The largest absolute Gasteiger partial charge is 0.420 e. The first-order valence-electron chi connectivity index (χ1n) is 8.93. The Kier molecular flexibility index (Phi) is 4.44. The number of carbonyl (C=O) groups excluding carboxylic acids is 1. The lowest BCUT2D eigenvalue weighted by atomic mass is 10.2. The Morgan fingerprint density at radius 3 is 2.79 bits per heavy atom. The van der Waals surface area contributed by atoms with E-state index >= 15 is 0 Å². The van der Waals surface area contributed by atoms with Crippen LogP contribution in [0, 0.1) is 0 Å². The van der Waals surface area contributed by atoms with Gasteiger partial charge in [0.05, 0.1) is 16.9 Å². The van der Waals surface area contributed by atoms with E-state index in [2.05, 4.69) is 10.4 Å². The van der Waals surface area contributed by atoms with Gasteiger partial charge < -0.3 is 9.73 Å².